The molecular weight excluding hydrogens is 406 g/mol. The Morgan fingerprint density at radius 3 is 2.72 bits per heavy atom. The number of amides is 1. The average Bonchev–Trinajstić information content (AvgIpc) is 3.04. The molecule has 7 heteroatoms. The Morgan fingerprint density at radius 2 is 2.03 bits per heavy atom. The van der Waals surface area contributed by atoms with Gasteiger partial charge >= 0.3 is 5.97 Å². The largest absolute Gasteiger partial charge is 0.493 e. The number of carbonyl (C=O) groups excluding carboxylic acids is 2. The molecule has 0 spiro atoms. The molecule has 0 saturated heterocycles. The summed E-state index contributed by atoms with van der Waals surface area (Å²) in [7, 11) is 6.24. The fraction of sp³-hybridized carbons (Fsp3) is 0.600. The van der Waals surface area contributed by atoms with Crippen LogP contribution in [0.25, 0.3) is 10.9 Å². The van der Waals surface area contributed by atoms with Gasteiger partial charge in [0.15, 0.2) is 0 Å². The lowest BCUT2D eigenvalue weighted by Crippen LogP contribution is -2.25. The second-order valence-electron chi connectivity index (χ2n) is 8.97. The van der Waals surface area contributed by atoms with Gasteiger partial charge < -0.3 is 24.7 Å². The molecule has 1 aliphatic carbocycles. The average molecular weight is 444 g/mol. The fourth-order valence-electron chi connectivity index (χ4n) is 4.73. The monoisotopic (exact) mass is 443 g/mol. The maximum Gasteiger partial charge on any atom is 0.309 e. The van der Waals surface area contributed by atoms with Crippen molar-refractivity contribution in [3.63, 3.8) is 0 Å². The Kier molecular flexibility index (Phi) is 8.18. The van der Waals surface area contributed by atoms with E-state index in [-0.39, 0.29) is 30.8 Å². The number of nitrogens with zero attached hydrogens (tertiary/aromatic N) is 2. The van der Waals surface area contributed by atoms with Crippen molar-refractivity contribution in [2.45, 2.75) is 57.8 Å². The van der Waals surface area contributed by atoms with Gasteiger partial charge in [-0.15, -0.1) is 0 Å². The van der Waals surface area contributed by atoms with Gasteiger partial charge in [-0.3, -0.25) is 9.59 Å². The highest BCUT2D eigenvalue weighted by Crippen LogP contribution is 2.41. The number of hydrogen-bond acceptors (Lipinski definition) is 5. The Hall–Kier alpha value is -2.54. The zero-order valence-electron chi connectivity index (χ0n) is 19.9. The minimum absolute atomic E-state index is 0.213. The van der Waals surface area contributed by atoms with Crippen LogP contribution >= 0.6 is 0 Å². The normalized spacial score (nSPS) is 15.7. The zero-order chi connectivity index (χ0) is 23.3. The van der Waals surface area contributed by atoms with Gasteiger partial charge in [0, 0.05) is 18.1 Å². The molecule has 1 atom stereocenters. The Bertz CT molecular complexity index is 964. The van der Waals surface area contributed by atoms with Gasteiger partial charge in [0.05, 0.1) is 31.1 Å². The highest BCUT2D eigenvalue weighted by molar-refractivity contribution is 5.95. The molecule has 3 rings (SSSR count). The first-order valence-electron chi connectivity index (χ1n) is 11.7. The highest BCUT2D eigenvalue weighted by Gasteiger charge is 2.31. The van der Waals surface area contributed by atoms with E-state index in [2.05, 4.69) is 36.7 Å². The molecule has 1 amide bonds. The number of rotatable bonds is 11. The van der Waals surface area contributed by atoms with Gasteiger partial charge in [0.25, 0.3) is 0 Å². The number of benzene rings is 1. The summed E-state index contributed by atoms with van der Waals surface area (Å²) in [4.78, 5) is 26.3. The molecule has 0 bridgehead atoms. The summed E-state index contributed by atoms with van der Waals surface area (Å²) in [6, 6.07) is 4.10. The van der Waals surface area contributed by atoms with Crippen LogP contribution in [-0.4, -0.2) is 55.2 Å². The van der Waals surface area contributed by atoms with Gasteiger partial charge in [-0.05, 0) is 82.4 Å². The number of ether oxygens (including phenoxy) is 2. The molecule has 32 heavy (non-hydrogen) atoms. The van der Waals surface area contributed by atoms with E-state index in [1.165, 1.54) is 11.3 Å². The summed E-state index contributed by atoms with van der Waals surface area (Å²) >= 11 is 0. The van der Waals surface area contributed by atoms with Crippen LogP contribution in [0.3, 0.4) is 0 Å². The first-order valence-corrected chi connectivity index (χ1v) is 11.7. The lowest BCUT2D eigenvalue weighted by Gasteiger charge is -2.21. The van der Waals surface area contributed by atoms with Gasteiger partial charge in [0.2, 0.25) is 5.91 Å². The molecule has 1 aromatic carbocycles. The van der Waals surface area contributed by atoms with Crippen molar-refractivity contribution in [2.24, 2.45) is 12.8 Å². The van der Waals surface area contributed by atoms with Crippen LogP contribution in [0.4, 0.5) is 0 Å². The van der Waals surface area contributed by atoms with Crippen LogP contribution in [0.1, 0.15) is 61.8 Å². The van der Waals surface area contributed by atoms with E-state index in [1.807, 2.05) is 13.0 Å². The number of primary amides is 1. The van der Waals surface area contributed by atoms with E-state index in [9.17, 15) is 9.59 Å². The van der Waals surface area contributed by atoms with Crippen LogP contribution in [0, 0.1) is 0 Å². The Balaban J connectivity index is 1.95. The summed E-state index contributed by atoms with van der Waals surface area (Å²) in [5.74, 6) is -0.0539. The van der Waals surface area contributed by atoms with Crippen LogP contribution in [-0.2, 0) is 34.2 Å². The van der Waals surface area contributed by atoms with Crippen molar-refractivity contribution >= 4 is 22.8 Å². The predicted molar refractivity (Wildman–Crippen MR) is 126 cm³/mol. The third kappa shape index (κ3) is 5.44. The summed E-state index contributed by atoms with van der Waals surface area (Å²) in [5, 5.41) is 1.05. The maximum atomic E-state index is 12.2. The summed E-state index contributed by atoms with van der Waals surface area (Å²) in [5.41, 5.74) is 10.4. The number of aromatic nitrogens is 1. The van der Waals surface area contributed by atoms with E-state index in [0.29, 0.717) is 6.61 Å². The van der Waals surface area contributed by atoms with Crippen molar-refractivity contribution in [3.05, 3.63) is 29.0 Å². The van der Waals surface area contributed by atoms with Crippen LogP contribution in [0.5, 0.6) is 5.75 Å². The van der Waals surface area contributed by atoms with Crippen molar-refractivity contribution < 1.29 is 19.1 Å². The molecule has 1 aliphatic rings. The fourth-order valence-corrected chi connectivity index (χ4v) is 4.73. The predicted octanol–water partition coefficient (Wildman–Crippen LogP) is 3.30. The van der Waals surface area contributed by atoms with Gasteiger partial charge in [-0.2, -0.15) is 0 Å². The van der Waals surface area contributed by atoms with Crippen LogP contribution in [0.15, 0.2) is 12.1 Å². The maximum absolute atomic E-state index is 12.2. The van der Waals surface area contributed by atoms with Gasteiger partial charge in [-0.25, -0.2) is 0 Å². The number of fused-ring (bicyclic) bond motifs is 3. The number of nitrogens with two attached hydrogens (primary N) is 1. The van der Waals surface area contributed by atoms with Crippen molar-refractivity contribution in [1.82, 2.24) is 9.47 Å². The molecule has 7 nitrogen and oxygen atoms in total. The molecular formula is C25H37N3O4. The number of hydrogen-bond donors (Lipinski definition) is 1. The van der Waals surface area contributed by atoms with E-state index < -0.39 is 0 Å². The smallest absolute Gasteiger partial charge is 0.309 e. The lowest BCUT2D eigenvalue weighted by atomic mass is 9.84. The van der Waals surface area contributed by atoms with E-state index in [1.54, 1.807) is 0 Å². The quantitative estimate of drug-likeness (QED) is 0.539. The minimum atomic E-state index is -0.267. The number of aryl methyl sites for hydroxylation is 2. The second kappa shape index (κ2) is 10.9. The Morgan fingerprint density at radius 1 is 1.25 bits per heavy atom. The molecule has 0 saturated carbocycles. The van der Waals surface area contributed by atoms with Gasteiger partial charge in [-0.1, -0.05) is 6.92 Å². The molecule has 176 valence electrons. The zero-order valence-corrected chi connectivity index (χ0v) is 19.9. The number of carbonyl (C=O) groups is 2. The van der Waals surface area contributed by atoms with Crippen molar-refractivity contribution in [2.75, 3.05) is 33.9 Å². The van der Waals surface area contributed by atoms with Crippen molar-refractivity contribution in [3.8, 4) is 5.75 Å². The topological polar surface area (TPSA) is 86.8 Å². The molecule has 0 aliphatic heterocycles. The SMILES string of the molecule is CCCOC(=O)CCOc1cc(CCCN(C)C)c2c(c1)c1c(n2C)CCCC1C(N)=O. The lowest BCUT2D eigenvalue weighted by molar-refractivity contribution is -0.144. The summed E-state index contributed by atoms with van der Waals surface area (Å²) in [6.45, 7) is 3.66. The molecule has 1 aromatic heterocycles. The number of esters is 1. The van der Waals surface area contributed by atoms with Crippen LogP contribution in [0.2, 0.25) is 0 Å². The first kappa shape index (κ1) is 24.1. The van der Waals surface area contributed by atoms with E-state index in [4.69, 9.17) is 15.2 Å². The van der Waals surface area contributed by atoms with Crippen molar-refractivity contribution in [1.29, 1.82) is 0 Å². The first-order chi connectivity index (χ1) is 15.3. The van der Waals surface area contributed by atoms with E-state index >= 15 is 0 Å². The van der Waals surface area contributed by atoms with Gasteiger partial charge in [0.1, 0.15) is 5.75 Å². The second-order valence-corrected chi connectivity index (χ2v) is 8.97. The molecule has 1 unspecified atom stereocenters. The van der Waals surface area contributed by atoms with E-state index in [0.717, 1.165) is 67.3 Å². The third-order valence-corrected chi connectivity index (χ3v) is 6.20. The molecule has 2 aromatic rings. The van der Waals surface area contributed by atoms with Crippen LogP contribution < -0.4 is 10.5 Å². The molecule has 2 N–H and O–H groups in total. The molecule has 0 radical (unpaired) electrons. The minimum Gasteiger partial charge on any atom is -0.493 e. The summed E-state index contributed by atoms with van der Waals surface area (Å²) in [6.07, 6.45) is 5.63. The Labute approximate surface area is 190 Å². The molecule has 1 heterocycles. The highest BCUT2D eigenvalue weighted by atomic mass is 16.5. The summed E-state index contributed by atoms with van der Waals surface area (Å²) < 4.78 is 13.4. The standard InChI is InChI=1S/C25H37N3O4/c1-5-13-32-22(29)11-14-31-18-15-17(8-7-12-27(2)3)24-20(16-18)23-19(25(26)30)9-6-10-21(23)28(24)4/h15-16,19H,5-14H2,1-4H3,(H2,26,30). The molecule has 0 fully saturated rings. The third-order valence-electron chi connectivity index (χ3n) is 6.20.